The lowest BCUT2D eigenvalue weighted by molar-refractivity contribution is -0.148. The molecule has 1 saturated carbocycles. The molecule has 4 unspecified atom stereocenters. The van der Waals surface area contributed by atoms with Crippen molar-refractivity contribution in [1.29, 1.82) is 0 Å². The first-order valence-corrected chi connectivity index (χ1v) is 6.81. The van der Waals surface area contributed by atoms with E-state index < -0.39 is 5.54 Å². The Morgan fingerprint density at radius 3 is 2.56 bits per heavy atom. The van der Waals surface area contributed by atoms with Crippen molar-refractivity contribution in [2.24, 2.45) is 11.8 Å². The van der Waals surface area contributed by atoms with E-state index >= 15 is 0 Å². The van der Waals surface area contributed by atoms with Crippen LogP contribution in [0.1, 0.15) is 33.6 Å². The van der Waals surface area contributed by atoms with E-state index in [0.29, 0.717) is 6.04 Å². The second kappa shape index (κ2) is 6.02. The van der Waals surface area contributed by atoms with Gasteiger partial charge in [0.2, 0.25) is 0 Å². The van der Waals surface area contributed by atoms with Crippen molar-refractivity contribution < 1.29 is 9.53 Å². The van der Waals surface area contributed by atoms with Gasteiger partial charge in [-0.05, 0) is 52.6 Å². The first-order valence-electron chi connectivity index (χ1n) is 6.81. The number of hydrogen-bond acceptors (Lipinski definition) is 4. The predicted octanol–water partition coefficient (Wildman–Crippen LogP) is 1.50. The predicted molar refractivity (Wildman–Crippen MR) is 73.5 cm³/mol. The zero-order valence-electron chi connectivity index (χ0n) is 12.6. The number of nitrogens with one attached hydrogen (secondary N) is 1. The number of carbonyl (C=O) groups is 1. The van der Waals surface area contributed by atoms with Crippen LogP contribution in [0.3, 0.4) is 0 Å². The molecule has 4 nitrogen and oxygen atoms in total. The summed E-state index contributed by atoms with van der Waals surface area (Å²) in [6, 6.07) is 0.356. The van der Waals surface area contributed by atoms with Gasteiger partial charge in [-0.15, -0.1) is 0 Å². The Balaban J connectivity index is 2.50. The van der Waals surface area contributed by atoms with Gasteiger partial charge in [0.1, 0.15) is 5.54 Å². The fraction of sp³-hybridized carbons (Fsp3) is 0.929. The number of esters is 1. The molecule has 18 heavy (non-hydrogen) atoms. The van der Waals surface area contributed by atoms with Crippen molar-refractivity contribution in [2.45, 2.75) is 45.2 Å². The van der Waals surface area contributed by atoms with E-state index in [1.165, 1.54) is 13.5 Å². The van der Waals surface area contributed by atoms with Gasteiger partial charge in [0, 0.05) is 12.6 Å². The van der Waals surface area contributed by atoms with E-state index in [0.717, 1.165) is 24.8 Å². The zero-order valence-corrected chi connectivity index (χ0v) is 12.6. The maximum atomic E-state index is 11.8. The molecule has 4 atom stereocenters. The Hall–Kier alpha value is -0.610. The van der Waals surface area contributed by atoms with Gasteiger partial charge >= 0.3 is 5.97 Å². The van der Waals surface area contributed by atoms with Crippen LogP contribution in [0, 0.1) is 11.8 Å². The van der Waals surface area contributed by atoms with Crippen molar-refractivity contribution in [3.05, 3.63) is 0 Å². The second-order valence-electron chi connectivity index (χ2n) is 6.04. The summed E-state index contributed by atoms with van der Waals surface area (Å²) in [6.07, 6.45) is 2.10. The van der Waals surface area contributed by atoms with Gasteiger partial charge in [0.05, 0.1) is 7.11 Å². The number of nitrogens with zero attached hydrogens (tertiary/aromatic N) is 1. The van der Waals surface area contributed by atoms with E-state index in [1.807, 2.05) is 14.0 Å². The molecule has 0 aromatic rings. The summed E-state index contributed by atoms with van der Waals surface area (Å²) >= 11 is 0. The molecule has 0 heterocycles. The van der Waals surface area contributed by atoms with Gasteiger partial charge in [-0.1, -0.05) is 6.92 Å². The highest BCUT2D eigenvalue weighted by Gasteiger charge is 2.37. The average molecular weight is 256 g/mol. The number of methoxy groups -OCH3 is 1. The molecule has 0 amide bonds. The van der Waals surface area contributed by atoms with Crippen LogP contribution < -0.4 is 5.32 Å². The summed E-state index contributed by atoms with van der Waals surface area (Å²) < 4.78 is 4.88. The van der Waals surface area contributed by atoms with E-state index in [9.17, 15) is 4.79 Å². The van der Waals surface area contributed by atoms with E-state index in [2.05, 4.69) is 31.1 Å². The molecule has 4 heteroatoms. The lowest BCUT2D eigenvalue weighted by Gasteiger charge is -2.33. The van der Waals surface area contributed by atoms with Crippen LogP contribution in [0.25, 0.3) is 0 Å². The minimum atomic E-state index is -0.600. The molecule has 0 radical (unpaired) electrons. The number of rotatable bonds is 7. The Labute approximate surface area is 111 Å². The van der Waals surface area contributed by atoms with E-state index in [4.69, 9.17) is 4.74 Å². The first-order chi connectivity index (χ1) is 8.34. The highest BCUT2D eigenvalue weighted by molar-refractivity contribution is 5.80. The maximum Gasteiger partial charge on any atom is 0.325 e. The van der Waals surface area contributed by atoms with E-state index in [1.54, 1.807) is 0 Å². The van der Waals surface area contributed by atoms with Crippen LogP contribution >= 0.6 is 0 Å². The average Bonchev–Trinajstić information content (AvgIpc) is 3.03. The number of ether oxygens (including phenoxy) is 1. The molecule has 0 spiro atoms. The largest absolute Gasteiger partial charge is 0.468 e. The summed E-state index contributed by atoms with van der Waals surface area (Å²) in [6.45, 7) is 7.51. The molecule has 1 rings (SSSR count). The molecule has 1 fully saturated rings. The van der Waals surface area contributed by atoms with Crippen LogP contribution in [-0.4, -0.2) is 50.2 Å². The fourth-order valence-corrected chi connectivity index (χ4v) is 2.46. The first kappa shape index (κ1) is 15.4. The third-order valence-corrected chi connectivity index (χ3v) is 4.44. The Bertz CT molecular complexity index is 296. The van der Waals surface area contributed by atoms with Crippen molar-refractivity contribution in [3.8, 4) is 0 Å². The van der Waals surface area contributed by atoms with Crippen molar-refractivity contribution >= 4 is 5.97 Å². The Morgan fingerprint density at radius 1 is 1.61 bits per heavy atom. The number of carbonyl (C=O) groups excluding carboxylic acids is 1. The van der Waals surface area contributed by atoms with Crippen LogP contribution in [0.5, 0.6) is 0 Å². The summed E-state index contributed by atoms with van der Waals surface area (Å²) in [5.74, 6) is 1.53. The highest BCUT2D eigenvalue weighted by Crippen LogP contribution is 2.38. The SMILES string of the molecule is CNC(C)(CC(C)N(C)CC1CC1C)C(=O)OC. The van der Waals surface area contributed by atoms with Gasteiger partial charge in [0.15, 0.2) is 0 Å². The molecular weight excluding hydrogens is 228 g/mol. The van der Waals surface area contributed by atoms with Crippen molar-refractivity contribution in [1.82, 2.24) is 10.2 Å². The molecule has 0 aliphatic heterocycles. The third kappa shape index (κ3) is 3.69. The molecule has 1 N–H and O–H groups in total. The monoisotopic (exact) mass is 256 g/mol. The number of hydrogen-bond donors (Lipinski definition) is 1. The van der Waals surface area contributed by atoms with Crippen LogP contribution in [0.4, 0.5) is 0 Å². The molecule has 1 aliphatic rings. The molecule has 1 aliphatic carbocycles. The van der Waals surface area contributed by atoms with Gasteiger partial charge in [-0.25, -0.2) is 0 Å². The molecule has 0 aromatic heterocycles. The lowest BCUT2D eigenvalue weighted by Crippen LogP contribution is -2.52. The normalized spacial score (nSPS) is 27.7. The van der Waals surface area contributed by atoms with Gasteiger partial charge in [-0.3, -0.25) is 4.79 Å². The maximum absolute atomic E-state index is 11.8. The Morgan fingerprint density at radius 2 is 2.17 bits per heavy atom. The van der Waals surface area contributed by atoms with E-state index in [-0.39, 0.29) is 5.97 Å². The lowest BCUT2D eigenvalue weighted by atomic mass is 9.93. The minimum Gasteiger partial charge on any atom is -0.468 e. The molecule has 106 valence electrons. The van der Waals surface area contributed by atoms with Crippen molar-refractivity contribution in [3.63, 3.8) is 0 Å². The second-order valence-corrected chi connectivity index (χ2v) is 6.04. The summed E-state index contributed by atoms with van der Waals surface area (Å²) in [5, 5.41) is 3.09. The van der Waals surface area contributed by atoms with Gasteiger partial charge in [-0.2, -0.15) is 0 Å². The molecule has 0 saturated heterocycles. The van der Waals surface area contributed by atoms with Crippen molar-refractivity contribution in [2.75, 3.05) is 27.7 Å². The van der Waals surface area contributed by atoms with Gasteiger partial charge in [0.25, 0.3) is 0 Å². The minimum absolute atomic E-state index is 0.190. The van der Waals surface area contributed by atoms with Crippen LogP contribution in [0.15, 0.2) is 0 Å². The third-order valence-electron chi connectivity index (χ3n) is 4.44. The van der Waals surface area contributed by atoms with Gasteiger partial charge < -0.3 is 15.0 Å². The Kier molecular flexibility index (Phi) is 5.17. The molecule has 0 aromatic carbocycles. The topological polar surface area (TPSA) is 41.6 Å². The summed E-state index contributed by atoms with van der Waals surface area (Å²) in [7, 11) is 5.40. The highest BCUT2D eigenvalue weighted by atomic mass is 16.5. The fourth-order valence-electron chi connectivity index (χ4n) is 2.46. The summed E-state index contributed by atoms with van der Waals surface area (Å²) in [5.41, 5.74) is -0.600. The smallest absolute Gasteiger partial charge is 0.325 e. The van der Waals surface area contributed by atoms with Crippen LogP contribution in [-0.2, 0) is 9.53 Å². The summed E-state index contributed by atoms with van der Waals surface area (Å²) in [4.78, 5) is 14.2. The molecule has 0 bridgehead atoms. The standard InChI is InChI=1S/C14H28N2O2/c1-10-7-12(10)9-16(5)11(2)8-14(3,15-4)13(17)18-6/h10-12,15H,7-9H2,1-6H3. The molecular formula is C14H28N2O2. The van der Waals surface area contributed by atoms with Crippen LogP contribution in [0.2, 0.25) is 0 Å². The number of likely N-dealkylation sites (N-methyl/N-ethyl adjacent to an activating group) is 1. The quantitative estimate of drug-likeness (QED) is 0.701. The zero-order chi connectivity index (χ0) is 13.9.